The third kappa shape index (κ3) is 6.84. The molecular weight excluding hydrogens is 360 g/mol. The van der Waals surface area contributed by atoms with Crippen molar-refractivity contribution in [2.24, 2.45) is 5.73 Å². The number of primary amides is 1. The van der Waals surface area contributed by atoms with Crippen molar-refractivity contribution >= 4 is 17.9 Å². The minimum atomic E-state index is -0.515. The SMILES string of the molecule is CC(C)(C)OC(=O)N1CCN(CCCNC(=O)c2ccc(C(N)=O)cc2)CC1. The van der Waals surface area contributed by atoms with Crippen LogP contribution in [0.15, 0.2) is 24.3 Å². The molecule has 0 aromatic heterocycles. The van der Waals surface area contributed by atoms with Gasteiger partial charge in [-0.15, -0.1) is 0 Å². The number of rotatable bonds is 6. The van der Waals surface area contributed by atoms with E-state index >= 15 is 0 Å². The fraction of sp³-hybridized carbons (Fsp3) is 0.550. The number of carbonyl (C=O) groups is 3. The molecule has 0 atom stereocenters. The minimum Gasteiger partial charge on any atom is -0.444 e. The van der Waals surface area contributed by atoms with Crippen LogP contribution < -0.4 is 11.1 Å². The average Bonchev–Trinajstić information content (AvgIpc) is 2.64. The van der Waals surface area contributed by atoms with Crippen molar-refractivity contribution in [3.8, 4) is 0 Å². The zero-order chi connectivity index (χ0) is 20.7. The monoisotopic (exact) mass is 390 g/mol. The molecule has 1 aromatic carbocycles. The van der Waals surface area contributed by atoms with Crippen LogP contribution in [0.5, 0.6) is 0 Å². The van der Waals surface area contributed by atoms with Crippen LogP contribution in [0.3, 0.4) is 0 Å². The van der Waals surface area contributed by atoms with Crippen molar-refractivity contribution in [3.63, 3.8) is 0 Å². The van der Waals surface area contributed by atoms with Gasteiger partial charge in [-0.2, -0.15) is 0 Å². The first-order valence-corrected chi connectivity index (χ1v) is 9.54. The van der Waals surface area contributed by atoms with Crippen molar-refractivity contribution in [3.05, 3.63) is 35.4 Å². The van der Waals surface area contributed by atoms with E-state index in [1.807, 2.05) is 20.8 Å². The van der Waals surface area contributed by atoms with Gasteiger partial charge >= 0.3 is 6.09 Å². The molecule has 8 heteroatoms. The van der Waals surface area contributed by atoms with Gasteiger partial charge in [-0.1, -0.05) is 0 Å². The lowest BCUT2D eigenvalue weighted by Gasteiger charge is -2.35. The highest BCUT2D eigenvalue weighted by molar-refractivity contribution is 5.97. The average molecular weight is 390 g/mol. The molecular formula is C20H30N4O4. The summed E-state index contributed by atoms with van der Waals surface area (Å²) in [6.45, 7) is 9.88. The third-order valence-corrected chi connectivity index (χ3v) is 4.39. The molecule has 28 heavy (non-hydrogen) atoms. The van der Waals surface area contributed by atoms with Gasteiger partial charge in [0.05, 0.1) is 0 Å². The maximum Gasteiger partial charge on any atom is 0.410 e. The van der Waals surface area contributed by atoms with E-state index in [2.05, 4.69) is 10.2 Å². The molecule has 3 N–H and O–H groups in total. The Kier molecular flexibility index (Phi) is 7.39. The number of nitrogens with two attached hydrogens (primary N) is 1. The van der Waals surface area contributed by atoms with Crippen LogP contribution in [-0.2, 0) is 4.74 Å². The molecule has 1 aromatic rings. The molecule has 0 aliphatic carbocycles. The molecule has 0 bridgehead atoms. The highest BCUT2D eigenvalue weighted by Gasteiger charge is 2.25. The lowest BCUT2D eigenvalue weighted by atomic mass is 10.1. The minimum absolute atomic E-state index is 0.175. The summed E-state index contributed by atoms with van der Waals surface area (Å²) in [5.41, 5.74) is 5.58. The van der Waals surface area contributed by atoms with Gasteiger partial charge in [-0.25, -0.2) is 4.79 Å². The summed E-state index contributed by atoms with van der Waals surface area (Å²) < 4.78 is 5.40. The molecule has 2 rings (SSSR count). The zero-order valence-electron chi connectivity index (χ0n) is 16.9. The van der Waals surface area contributed by atoms with Crippen molar-refractivity contribution in [2.45, 2.75) is 32.8 Å². The Bertz CT molecular complexity index is 689. The number of ether oxygens (including phenoxy) is 1. The fourth-order valence-corrected chi connectivity index (χ4v) is 2.87. The van der Waals surface area contributed by atoms with Crippen molar-refractivity contribution in [2.75, 3.05) is 39.3 Å². The maximum absolute atomic E-state index is 12.1. The quantitative estimate of drug-likeness (QED) is 0.716. The number of nitrogens with zero attached hydrogens (tertiary/aromatic N) is 2. The Labute approximate surface area is 166 Å². The Balaban J connectivity index is 1.64. The molecule has 0 unspecified atom stereocenters. The summed E-state index contributed by atoms with van der Waals surface area (Å²) in [6.07, 6.45) is 0.555. The number of hydrogen-bond donors (Lipinski definition) is 2. The molecule has 0 spiro atoms. The van der Waals surface area contributed by atoms with Crippen LogP contribution in [-0.4, -0.2) is 72.6 Å². The van der Waals surface area contributed by atoms with E-state index in [-0.39, 0.29) is 12.0 Å². The van der Waals surface area contributed by atoms with Gasteiger partial charge in [0, 0.05) is 43.9 Å². The second-order valence-electron chi connectivity index (χ2n) is 7.86. The molecule has 3 amide bonds. The van der Waals surface area contributed by atoms with Gasteiger partial charge in [-0.05, 0) is 58.0 Å². The number of hydrogen-bond acceptors (Lipinski definition) is 5. The first kappa shape index (κ1) is 21.7. The molecule has 0 radical (unpaired) electrons. The lowest BCUT2D eigenvalue weighted by Crippen LogP contribution is -2.50. The number of piperazine rings is 1. The first-order chi connectivity index (χ1) is 13.2. The smallest absolute Gasteiger partial charge is 0.410 e. The molecule has 8 nitrogen and oxygen atoms in total. The third-order valence-electron chi connectivity index (χ3n) is 4.39. The van der Waals surface area contributed by atoms with E-state index in [9.17, 15) is 14.4 Å². The van der Waals surface area contributed by atoms with Crippen molar-refractivity contribution in [1.82, 2.24) is 15.1 Å². The van der Waals surface area contributed by atoms with Crippen LogP contribution in [0.25, 0.3) is 0 Å². The van der Waals surface area contributed by atoms with E-state index < -0.39 is 11.5 Å². The van der Waals surface area contributed by atoms with Gasteiger partial charge in [-0.3, -0.25) is 14.5 Å². The number of benzene rings is 1. The summed E-state index contributed by atoms with van der Waals surface area (Å²) in [5.74, 6) is -0.690. The molecule has 0 saturated carbocycles. The molecule has 1 fully saturated rings. The van der Waals surface area contributed by atoms with Gasteiger partial charge in [0.25, 0.3) is 5.91 Å². The van der Waals surface area contributed by atoms with Crippen molar-refractivity contribution < 1.29 is 19.1 Å². The Hall–Kier alpha value is -2.61. The van der Waals surface area contributed by atoms with E-state index in [0.717, 1.165) is 26.1 Å². The van der Waals surface area contributed by atoms with Crippen molar-refractivity contribution in [1.29, 1.82) is 0 Å². The first-order valence-electron chi connectivity index (χ1n) is 9.54. The van der Waals surface area contributed by atoms with E-state index in [4.69, 9.17) is 10.5 Å². The van der Waals surface area contributed by atoms with Gasteiger partial charge in [0.15, 0.2) is 0 Å². The highest BCUT2D eigenvalue weighted by atomic mass is 16.6. The molecule has 1 heterocycles. The Morgan fingerprint density at radius 3 is 2.14 bits per heavy atom. The number of carbonyl (C=O) groups excluding carboxylic acids is 3. The van der Waals surface area contributed by atoms with Gasteiger partial charge in [0.1, 0.15) is 5.60 Å². The largest absolute Gasteiger partial charge is 0.444 e. The summed E-state index contributed by atoms with van der Waals surface area (Å²) in [4.78, 5) is 39.2. The topological polar surface area (TPSA) is 105 Å². The van der Waals surface area contributed by atoms with E-state index in [0.29, 0.717) is 30.8 Å². The van der Waals surface area contributed by atoms with Crippen LogP contribution in [0.2, 0.25) is 0 Å². The lowest BCUT2D eigenvalue weighted by molar-refractivity contribution is 0.0144. The van der Waals surface area contributed by atoms with Gasteiger partial charge in [0.2, 0.25) is 5.91 Å². The van der Waals surface area contributed by atoms with E-state index in [1.54, 1.807) is 29.2 Å². The van der Waals surface area contributed by atoms with Crippen LogP contribution in [0.4, 0.5) is 4.79 Å². The standard InChI is InChI=1S/C20H30N4O4/c1-20(2,3)28-19(27)24-13-11-23(12-14-24)10-4-9-22-18(26)16-7-5-15(6-8-16)17(21)25/h5-8H,4,9-14H2,1-3H3,(H2,21,25)(H,22,26). The predicted octanol–water partition coefficient (Wildman–Crippen LogP) is 1.46. The zero-order valence-corrected chi connectivity index (χ0v) is 16.9. The summed E-state index contributed by atoms with van der Waals surface area (Å²) in [5, 5.41) is 2.87. The van der Waals surface area contributed by atoms with E-state index in [1.165, 1.54) is 0 Å². The molecule has 1 aliphatic heterocycles. The predicted molar refractivity (Wildman–Crippen MR) is 106 cm³/mol. The fourth-order valence-electron chi connectivity index (χ4n) is 2.87. The highest BCUT2D eigenvalue weighted by Crippen LogP contribution is 2.12. The Morgan fingerprint density at radius 1 is 1.04 bits per heavy atom. The normalized spacial score (nSPS) is 15.2. The van der Waals surface area contributed by atoms with Crippen LogP contribution in [0.1, 0.15) is 47.9 Å². The second-order valence-corrected chi connectivity index (χ2v) is 7.86. The summed E-state index contributed by atoms with van der Waals surface area (Å²) in [6, 6.07) is 6.26. The molecule has 1 aliphatic rings. The second kappa shape index (κ2) is 9.54. The summed E-state index contributed by atoms with van der Waals surface area (Å²) >= 11 is 0. The number of nitrogens with one attached hydrogen (secondary N) is 1. The maximum atomic E-state index is 12.1. The number of amides is 3. The summed E-state index contributed by atoms with van der Waals surface area (Å²) in [7, 11) is 0. The van der Waals surface area contributed by atoms with Crippen LogP contribution in [0, 0.1) is 0 Å². The molecule has 154 valence electrons. The molecule has 1 saturated heterocycles. The Morgan fingerprint density at radius 2 is 1.61 bits per heavy atom. The van der Waals surface area contributed by atoms with Gasteiger partial charge < -0.3 is 20.7 Å². The van der Waals surface area contributed by atoms with Crippen LogP contribution >= 0.6 is 0 Å².